The van der Waals surface area contributed by atoms with Gasteiger partial charge in [-0.15, -0.1) is 0 Å². The third kappa shape index (κ3) is 17.2. The Kier molecular flexibility index (Phi) is 23.9. The Morgan fingerprint density at radius 3 is 1.32 bits per heavy atom. The van der Waals surface area contributed by atoms with Gasteiger partial charge in [-0.3, -0.25) is 0 Å². The first-order valence-corrected chi connectivity index (χ1v) is 27.6. The molecule has 0 aliphatic carbocycles. The molecular formula is C63H68Br2O12. The van der Waals surface area contributed by atoms with Crippen molar-refractivity contribution < 1.29 is 57.3 Å². The third-order valence-electron chi connectivity index (χ3n) is 12.1. The molecule has 0 fully saturated rings. The van der Waals surface area contributed by atoms with Crippen LogP contribution in [0, 0.1) is 0 Å². The number of methoxy groups -OCH3 is 2. The summed E-state index contributed by atoms with van der Waals surface area (Å²) in [5.74, 6) is 5.21. The van der Waals surface area contributed by atoms with Crippen LogP contribution >= 0.6 is 31.9 Å². The van der Waals surface area contributed by atoms with Crippen LogP contribution in [0.1, 0.15) is 102 Å². The lowest BCUT2D eigenvalue weighted by atomic mass is 10.1. The Balaban J connectivity index is 0.000000254. The Morgan fingerprint density at radius 1 is 0.442 bits per heavy atom. The molecule has 0 aliphatic heterocycles. The molecule has 0 aliphatic rings. The second kappa shape index (κ2) is 31.2. The van der Waals surface area contributed by atoms with Crippen molar-refractivity contribution in [3.8, 4) is 57.5 Å². The molecular weight excluding hydrogens is 1110 g/mol. The average Bonchev–Trinajstić information content (AvgIpc) is 3.45. The highest BCUT2D eigenvalue weighted by molar-refractivity contribution is 9.11. The van der Waals surface area contributed by atoms with Crippen molar-refractivity contribution in [2.24, 2.45) is 0 Å². The van der Waals surface area contributed by atoms with Gasteiger partial charge >= 0.3 is 11.9 Å². The molecule has 406 valence electrons. The molecule has 77 heavy (non-hydrogen) atoms. The van der Waals surface area contributed by atoms with Gasteiger partial charge in [0.05, 0.1) is 49.6 Å². The predicted molar refractivity (Wildman–Crippen MR) is 307 cm³/mol. The molecule has 7 aromatic rings. The maximum Gasteiger partial charge on any atom is 0.341 e. The van der Waals surface area contributed by atoms with Crippen LogP contribution in [0.5, 0.6) is 57.5 Å². The topological polar surface area (TPSA) is 137 Å². The first-order valence-electron chi connectivity index (χ1n) is 26.0. The van der Waals surface area contributed by atoms with E-state index in [2.05, 4.69) is 58.7 Å². The summed E-state index contributed by atoms with van der Waals surface area (Å²) in [5.41, 5.74) is 5.89. The Bertz CT molecular complexity index is 3000. The van der Waals surface area contributed by atoms with Crippen LogP contribution in [0.15, 0.2) is 148 Å². The van der Waals surface area contributed by atoms with E-state index in [-0.39, 0.29) is 5.75 Å². The Hall–Kier alpha value is -7.16. The molecule has 0 radical (unpaired) electrons. The summed E-state index contributed by atoms with van der Waals surface area (Å²) in [4.78, 5) is 24.4. The van der Waals surface area contributed by atoms with Gasteiger partial charge in [-0.05, 0) is 135 Å². The number of carbonyl (C=O) groups is 2. The highest BCUT2D eigenvalue weighted by Gasteiger charge is 2.19. The second-order valence-corrected chi connectivity index (χ2v) is 19.2. The summed E-state index contributed by atoms with van der Waals surface area (Å²) >= 11 is 6.98. The van der Waals surface area contributed by atoms with E-state index in [4.69, 9.17) is 42.6 Å². The smallest absolute Gasteiger partial charge is 0.341 e. The minimum atomic E-state index is -0.449. The molecule has 14 heteroatoms. The van der Waals surface area contributed by atoms with Gasteiger partial charge in [0.25, 0.3) is 0 Å². The number of aromatic hydroxyl groups is 1. The molecule has 0 saturated carbocycles. The van der Waals surface area contributed by atoms with E-state index in [1.807, 2.05) is 97.9 Å². The van der Waals surface area contributed by atoms with Crippen LogP contribution in [0.2, 0.25) is 0 Å². The number of benzene rings is 7. The van der Waals surface area contributed by atoms with E-state index < -0.39 is 11.9 Å². The predicted octanol–water partition coefficient (Wildman–Crippen LogP) is 16.1. The molecule has 0 amide bonds. The fraction of sp³-hybridized carbons (Fsp3) is 0.302. The lowest BCUT2D eigenvalue weighted by Gasteiger charge is -2.17. The molecule has 0 atom stereocenters. The van der Waals surface area contributed by atoms with Crippen molar-refractivity contribution in [3.63, 3.8) is 0 Å². The molecule has 0 aromatic heterocycles. The monoisotopic (exact) mass is 1170 g/mol. The molecule has 0 bridgehead atoms. The summed E-state index contributed by atoms with van der Waals surface area (Å²) in [6.07, 6.45) is 6.37. The van der Waals surface area contributed by atoms with Crippen molar-refractivity contribution in [2.75, 3.05) is 40.6 Å². The van der Waals surface area contributed by atoms with E-state index in [0.29, 0.717) is 90.2 Å². The van der Waals surface area contributed by atoms with E-state index in [0.717, 1.165) is 93.8 Å². The quantitative estimate of drug-likeness (QED) is 0.0388. The number of aryl methyl sites for hydroxylation is 2. The number of rotatable bonds is 27. The lowest BCUT2D eigenvalue weighted by Crippen LogP contribution is -2.08. The Morgan fingerprint density at radius 2 is 0.857 bits per heavy atom. The fourth-order valence-electron chi connectivity index (χ4n) is 8.12. The van der Waals surface area contributed by atoms with E-state index in [1.165, 1.54) is 14.2 Å². The summed E-state index contributed by atoms with van der Waals surface area (Å²) < 4.78 is 54.2. The highest BCUT2D eigenvalue weighted by Crippen LogP contribution is 2.38. The minimum Gasteiger partial charge on any atom is -0.507 e. The summed E-state index contributed by atoms with van der Waals surface area (Å²) in [6, 6.07) is 43.1. The number of halogens is 2. The summed E-state index contributed by atoms with van der Waals surface area (Å²) in [7, 11) is 2.71. The zero-order valence-electron chi connectivity index (χ0n) is 44.7. The van der Waals surface area contributed by atoms with Gasteiger partial charge in [0.1, 0.15) is 75.2 Å². The van der Waals surface area contributed by atoms with Crippen LogP contribution in [-0.2, 0) is 41.8 Å². The number of phenolic OH excluding ortho intramolecular Hbond substituents is 1. The molecule has 0 saturated heterocycles. The van der Waals surface area contributed by atoms with E-state index in [1.54, 1.807) is 42.5 Å². The maximum absolute atomic E-state index is 12.2. The number of hydrogen-bond donors (Lipinski definition) is 1. The largest absolute Gasteiger partial charge is 0.507 e. The molecule has 12 nitrogen and oxygen atoms in total. The molecule has 7 aromatic carbocycles. The number of ether oxygens (including phenoxy) is 9. The van der Waals surface area contributed by atoms with Gasteiger partial charge in [0.2, 0.25) is 0 Å². The van der Waals surface area contributed by atoms with Gasteiger partial charge in [0.15, 0.2) is 0 Å². The average molecular weight is 1180 g/mol. The van der Waals surface area contributed by atoms with Crippen molar-refractivity contribution >= 4 is 43.8 Å². The van der Waals surface area contributed by atoms with Gasteiger partial charge in [-0.25, -0.2) is 9.59 Å². The normalized spacial score (nSPS) is 10.6. The molecule has 0 unspecified atom stereocenters. The van der Waals surface area contributed by atoms with Gasteiger partial charge < -0.3 is 47.7 Å². The second-order valence-electron chi connectivity index (χ2n) is 17.5. The Labute approximate surface area is 469 Å². The molecule has 7 rings (SSSR count). The summed E-state index contributed by atoms with van der Waals surface area (Å²) in [6.45, 7) is 10.7. The zero-order valence-corrected chi connectivity index (χ0v) is 47.8. The third-order valence-corrected chi connectivity index (χ3v) is 13.3. The number of esters is 2. The molecule has 0 spiro atoms. The van der Waals surface area contributed by atoms with Crippen molar-refractivity contribution in [1.82, 2.24) is 0 Å². The highest BCUT2D eigenvalue weighted by atomic mass is 79.9. The standard InChI is InChI=1S/C35H37BrO6.C28H31BrO6/c1-4-13-27-30(18-11-19-31(27)42-32-17-10-9-16-28(32)35(37)38-3)39-20-12-21-40-33-23-34(29(36)22-26(33)5-2)41-24-25-14-7-6-8-15-25;1-4-10-20-24(33-15-9-16-34-27-18-23(30)22(29)17-19(27)5-2)13-8-14-25(20)35-26-12-7-6-11-21(26)28(31)32-3/h6-11,14-19,22-23H,4-5,12-13,20-21,24H2,1-3H3;6-8,11-14,17-18,30H,4-5,9-10,15-16H2,1-3H3. The maximum atomic E-state index is 12.2. The van der Waals surface area contributed by atoms with Gasteiger partial charge in [-0.1, -0.05) is 107 Å². The van der Waals surface area contributed by atoms with Crippen LogP contribution < -0.4 is 33.2 Å². The SMILES string of the molecule is CCCc1c(OCCCOc2cc(O)c(Br)cc2CC)cccc1Oc1ccccc1C(=O)OC.CCCc1c(OCCCOc2cc(OCc3ccccc3)c(Br)cc2CC)cccc1Oc1ccccc1C(=O)OC. The van der Waals surface area contributed by atoms with E-state index >= 15 is 0 Å². The van der Waals surface area contributed by atoms with Crippen LogP contribution in [0.25, 0.3) is 0 Å². The van der Waals surface area contributed by atoms with Crippen molar-refractivity contribution in [3.05, 3.63) is 187 Å². The first kappa shape index (κ1) is 59.1. The molecule has 1 N–H and O–H groups in total. The van der Waals surface area contributed by atoms with Gasteiger partial charge in [-0.2, -0.15) is 0 Å². The summed E-state index contributed by atoms with van der Waals surface area (Å²) in [5, 5.41) is 9.96. The lowest BCUT2D eigenvalue weighted by molar-refractivity contribution is 0.0588. The number of carbonyl (C=O) groups excluding carboxylic acids is 2. The van der Waals surface area contributed by atoms with Gasteiger partial charge in [0, 0.05) is 36.1 Å². The number of para-hydroxylation sites is 2. The van der Waals surface area contributed by atoms with Crippen LogP contribution in [0.4, 0.5) is 0 Å². The van der Waals surface area contributed by atoms with Crippen LogP contribution in [-0.4, -0.2) is 57.7 Å². The number of phenols is 1. The van der Waals surface area contributed by atoms with Crippen LogP contribution in [0.3, 0.4) is 0 Å². The van der Waals surface area contributed by atoms with Crippen molar-refractivity contribution in [1.29, 1.82) is 0 Å². The molecule has 0 heterocycles. The fourth-order valence-corrected chi connectivity index (χ4v) is 9.02. The minimum absolute atomic E-state index is 0.156. The van der Waals surface area contributed by atoms with E-state index in [9.17, 15) is 14.7 Å². The zero-order chi connectivity index (χ0) is 54.9. The number of hydrogen-bond acceptors (Lipinski definition) is 12. The van der Waals surface area contributed by atoms with Crippen molar-refractivity contribution in [2.45, 2.75) is 85.7 Å². The first-order chi connectivity index (χ1) is 37.5.